The van der Waals surface area contributed by atoms with Gasteiger partial charge in [0.05, 0.1) is 21.7 Å². The number of fused-ring (bicyclic) bond motifs is 1. The van der Waals surface area contributed by atoms with Crippen LogP contribution in [0.3, 0.4) is 0 Å². The molecule has 0 unspecified atom stereocenters. The average Bonchev–Trinajstić information content (AvgIpc) is 2.94. The minimum atomic E-state index is -0.335. The SMILES string of the molecule is N#Cc1cccc(-c2ccc3c(c2[N+](=O)[O-])CCC3)c1N. The van der Waals surface area contributed by atoms with E-state index in [-0.39, 0.29) is 10.6 Å². The molecular formula is C16H13N3O2. The number of rotatable bonds is 2. The molecule has 0 saturated heterocycles. The standard InChI is InChI=1S/C16H13N3O2/c17-9-11-4-2-6-13(15(11)18)14-8-7-10-3-1-5-12(10)16(14)19(20)21/h2,4,6-8H,1,3,5,18H2. The van der Waals surface area contributed by atoms with E-state index in [1.807, 2.05) is 12.1 Å². The molecule has 1 aliphatic rings. The summed E-state index contributed by atoms with van der Waals surface area (Å²) < 4.78 is 0. The van der Waals surface area contributed by atoms with Crippen LogP contribution in [0.4, 0.5) is 11.4 Å². The van der Waals surface area contributed by atoms with Crippen LogP contribution in [0, 0.1) is 21.4 Å². The molecule has 0 amide bonds. The summed E-state index contributed by atoms with van der Waals surface area (Å²) in [4.78, 5) is 11.2. The van der Waals surface area contributed by atoms with Gasteiger partial charge in [0.2, 0.25) is 0 Å². The summed E-state index contributed by atoms with van der Waals surface area (Å²) in [6.45, 7) is 0. The summed E-state index contributed by atoms with van der Waals surface area (Å²) in [5.74, 6) is 0. The van der Waals surface area contributed by atoms with E-state index in [0.717, 1.165) is 30.4 Å². The predicted molar refractivity (Wildman–Crippen MR) is 79.7 cm³/mol. The Morgan fingerprint density at radius 3 is 2.71 bits per heavy atom. The lowest BCUT2D eigenvalue weighted by Gasteiger charge is -2.10. The quantitative estimate of drug-likeness (QED) is 0.519. The molecule has 2 N–H and O–H groups in total. The van der Waals surface area contributed by atoms with Crippen molar-refractivity contribution >= 4 is 11.4 Å². The van der Waals surface area contributed by atoms with Crippen LogP contribution in [0.25, 0.3) is 11.1 Å². The zero-order valence-electron chi connectivity index (χ0n) is 11.3. The Kier molecular flexibility index (Phi) is 3.07. The normalized spacial score (nSPS) is 12.7. The van der Waals surface area contributed by atoms with Gasteiger partial charge in [-0.3, -0.25) is 10.1 Å². The smallest absolute Gasteiger partial charge is 0.280 e. The highest BCUT2D eigenvalue weighted by Crippen LogP contribution is 2.41. The Morgan fingerprint density at radius 2 is 2.00 bits per heavy atom. The summed E-state index contributed by atoms with van der Waals surface area (Å²) in [7, 11) is 0. The zero-order valence-corrected chi connectivity index (χ0v) is 11.3. The highest BCUT2D eigenvalue weighted by atomic mass is 16.6. The number of nitrogens with two attached hydrogens (primary N) is 1. The van der Waals surface area contributed by atoms with Crippen LogP contribution in [0.1, 0.15) is 23.1 Å². The molecule has 21 heavy (non-hydrogen) atoms. The van der Waals surface area contributed by atoms with Crippen LogP contribution in [0.15, 0.2) is 30.3 Å². The third-order valence-corrected chi connectivity index (χ3v) is 3.95. The van der Waals surface area contributed by atoms with E-state index in [1.54, 1.807) is 24.3 Å². The van der Waals surface area contributed by atoms with Crippen LogP contribution in [-0.4, -0.2) is 4.92 Å². The van der Waals surface area contributed by atoms with Crippen molar-refractivity contribution in [3.63, 3.8) is 0 Å². The lowest BCUT2D eigenvalue weighted by Crippen LogP contribution is -2.01. The van der Waals surface area contributed by atoms with Crippen molar-refractivity contribution in [3.05, 3.63) is 57.1 Å². The van der Waals surface area contributed by atoms with Gasteiger partial charge in [-0.2, -0.15) is 5.26 Å². The lowest BCUT2D eigenvalue weighted by molar-refractivity contribution is -0.384. The van der Waals surface area contributed by atoms with Crippen molar-refractivity contribution in [1.82, 2.24) is 0 Å². The molecule has 0 bridgehead atoms. The summed E-state index contributed by atoms with van der Waals surface area (Å²) in [5, 5.41) is 20.6. The highest BCUT2D eigenvalue weighted by Gasteiger charge is 2.27. The average molecular weight is 279 g/mol. The van der Waals surface area contributed by atoms with E-state index >= 15 is 0 Å². The Labute approximate surface area is 121 Å². The molecular weight excluding hydrogens is 266 g/mol. The number of nitro benzene ring substituents is 1. The van der Waals surface area contributed by atoms with Gasteiger partial charge in [-0.1, -0.05) is 18.2 Å². The second-order valence-corrected chi connectivity index (χ2v) is 5.09. The number of para-hydroxylation sites is 1. The topological polar surface area (TPSA) is 92.9 Å². The number of hydrogen-bond donors (Lipinski definition) is 1. The van der Waals surface area contributed by atoms with Crippen molar-refractivity contribution in [3.8, 4) is 17.2 Å². The molecule has 3 rings (SSSR count). The fraction of sp³-hybridized carbons (Fsp3) is 0.188. The van der Waals surface area contributed by atoms with Crippen LogP contribution in [0.5, 0.6) is 0 Å². The Bertz CT molecular complexity index is 791. The highest BCUT2D eigenvalue weighted by molar-refractivity contribution is 5.86. The van der Waals surface area contributed by atoms with Crippen molar-refractivity contribution in [2.24, 2.45) is 0 Å². The van der Waals surface area contributed by atoms with E-state index < -0.39 is 0 Å². The Hall–Kier alpha value is -2.87. The number of aryl methyl sites for hydroxylation is 1. The van der Waals surface area contributed by atoms with Gasteiger partial charge in [0.25, 0.3) is 5.69 Å². The molecule has 0 heterocycles. The first-order valence-electron chi connectivity index (χ1n) is 6.71. The van der Waals surface area contributed by atoms with Crippen molar-refractivity contribution in [2.75, 3.05) is 5.73 Å². The van der Waals surface area contributed by atoms with E-state index in [0.29, 0.717) is 22.4 Å². The second-order valence-electron chi connectivity index (χ2n) is 5.09. The van der Waals surface area contributed by atoms with E-state index in [4.69, 9.17) is 11.0 Å². The second kappa shape index (κ2) is 4.91. The van der Waals surface area contributed by atoms with E-state index in [1.165, 1.54) is 0 Å². The first-order chi connectivity index (χ1) is 10.1. The number of nitro groups is 1. The lowest BCUT2D eigenvalue weighted by atomic mass is 9.95. The molecule has 0 radical (unpaired) electrons. The summed E-state index contributed by atoms with van der Waals surface area (Å²) >= 11 is 0. The predicted octanol–water partition coefficient (Wildman–Crippen LogP) is 3.20. The Balaban J connectivity index is 2.30. The van der Waals surface area contributed by atoms with Gasteiger partial charge >= 0.3 is 0 Å². The third kappa shape index (κ3) is 2.01. The minimum absolute atomic E-state index is 0.131. The number of nitrogen functional groups attached to an aromatic ring is 1. The van der Waals surface area contributed by atoms with Crippen molar-refractivity contribution < 1.29 is 4.92 Å². The first kappa shape index (κ1) is 13.1. The molecule has 104 valence electrons. The molecule has 0 spiro atoms. The molecule has 0 atom stereocenters. The molecule has 5 heteroatoms. The third-order valence-electron chi connectivity index (χ3n) is 3.95. The van der Waals surface area contributed by atoms with Crippen molar-refractivity contribution in [1.29, 1.82) is 5.26 Å². The monoisotopic (exact) mass is 279 g/mol. The number of anilines is 1. The van der Waals surface area contributed by atoms with Gasteiger partial charge in [0, 0.05) is 11.1 Å². The summed E-state index contributed by atoms with van der Waals surface area (Å²) in [6, 6.07) is 10.7. The van der Waals surface area contributed by atoms with Gasteiger partial charge in [-0.25, -0.2) is 0 Å². The van der Waals surface area contributed by atoms with Crippen LogP contribution >= 0.6 is 0 Å². The van der Waals surface area contributed by atoms with E-state index in [9.17, 15) is 10.1 Å². The van der Waals surface area contributed by atoms with Crippen molar-refractivity contribution in [2.45, 2.75) is 19.3 Å². The molecule has 1 aliphatic carbocycles. The van der Waals surface area contributed by atoms with Crippen LogP contribution in [0.2, 0.25) is 0 Å². The molecule has 0 saturated carbocycles. The molecule has 0 aliphatic heterocycles. The zero-order chi connectivity index (χ0) is 15.0. The first-order valence-corrected chi connectivity index (χ1v) is 6.71. The molecule has 0 fully saturated rings. The number of nitriles is 1. The largest absolute Gasteiger partial charge is 0.397 e. The number of benzene rings is 2. The fourth-order valence-corrected chi connectivity index (χ4v) is 2.97. The summed E-state index contributed by atoms with van der Waals surface area (Å²) in [6.07, 6.45) is 2.54. The van der Waals surface area contributed by atoms with Gasteiger partial charge in [0.15, 0.2) is 0 Å². The summed E-state index contributed by atoms with van der Waals surface area (Å²) in [5.41, 5.74) is 9.65. The van der Waals surface area contributed by atoms with Gasteiger partial charge < -0.3 is 5.73 Å². The molecule has 2 aromatic rings. The Morgan fingerprint density at radius 1 is 1.19 bits per heavy atom. The van der Waals surface area contributed by atoms with E-state index in [2.05, 4.69) is 0 Å². The fourth-order valence-electron chi connectivity index (χ4n) is 2.97. The van der Waals surface area contributed by atoms with Gasteiger partial charge in [-0.15, -0.1) is 0 Å². The maximum atomic E-state index is 11.5. The van der Waals surface area contributed by atoms with Crippen LogP contribution < -0.4 is 5.73 Å². The number of hydrogen-bond acceptors (Lipinski definition) is 4. The molecule has 0 aromatic heterocycles. The molecule has 5 nitrogen and oxygen atoms in total. The van der Waals surface area contributed by atoms with Gasteiger partial charge in [0.1, 0.15) is 6.07 Å². The molecule has 2 aromatic carbocycles. The maximum absolute atomic E-state index is 11.5. The van der Waals surface area contributed by atoms with Gasteiger partial charge in [-0.05, 0) is 37.0 Å². The maximum Gasteiger partial charge on any atom is 0.280 e. The number of nitrogens with zero attached hydrogens (tertiary/aromatic N) is 2. The van der Waals surface area contributed by atoms with Crippen LogP contribution in [-0.2, 0) is 12.8 Å². The minimum Gasteiger partial charge on any atom is -0.397 e.